The Balaban J connectivity index is 2.39. The van der Waals surface area contributed by atoms with Gasteiger partial charge in [-0.1, -0.05) is 11.2 Å². The second kappa shape index (κ2) is 5.14. The van der Waals surface area contributed by atoms with Gasteiger partial charge in [0.2, 0.25) is 0 Å². The topological polar surface area (TPSA) is 74.2 Å². The van der Waals surface area contributed by atoms with Gasteiger partial charge in [0.05, 0.1) is 7.11 Å². The van der Waals surface area contributed by atoms with Crippen molar-refractivity contribution in [2.45, 2.75) is 19.4 Å². The number of halogens is 1. The van der Waals surface area contributed by atoms with E-state index in [4.69, 9.17) is 15.0 Å². The van der Waals surface area contributed by atoms with Crippen LogP contribution >= 0.6 is 0 Å². The smallest absolute Gasteiger partial charge is 0.264 e. The van der Waals surface area contributed by atoms with Gasteiger partial charge in [-0.25, -0.2) is 4.39 Å². The highest BCUT2D eigenvalue weighted by molar-refractivity contribution is 5.63. The Kier molecular flexibility index (Phi) is 3.57. The number of hydrogen-bond acceptors (Lipinski definition) is 5. The highest BCUT2D eigenvalue weighted by atomic mass is 19.1. The molecule has 2 aromatic rings. The molecule has 18 heavy (non-hydrogen) atoms. The van der Waals surface area contributed by atoms with Crippen LogP contribution in [0.25, 0.3) is 11.5 Å². The van der Waals surface area contributed by atoms with E-state index >= 15 is 0 Å². The van der Waals surface area contributed by atoms with Gasteiger partial charge in [0, 0.05) is 12.5 Å². The summed E-state index contributed by atoms with van der Waals surface area (Å²) in [4.78, 5) is 4.11. The molecule has 1 aromatic heterocycles. The molecule has 0 aliphatic carbocycles. The SMILES string of the molecule is COc1cccc(F)c1-c1nc(CC(C)N)no1. The van der Waals surface area contributed by atoms with E-state index in [-0.39, 0.29) is 17.5 Å². The Hall–Kier alpha value is -1.95. The highest BCUT2D eigenvalue weighted by Crippen LogP contribution is 2.31. The van der Waals surface area contributed by atoms with Crippen LogP contribution in [0.5, 0.6) is 5.75 Å². The summed E-state index contributed by atoms with van der Waals surface area (Å²) in [6, 6.07) is 4.41. The van der Waals surface area contributed by atoms with Crippen molar-refractivity contribution < 1.29 is 13.7 Å². The van der Waals surface area contributed by atoms with Crippen LogP contribution in [0.4, 0.5) is 4.39 Å². The molecule has 0 fully saturated rings. The van der Waals surface area contributed by atoms with Gasteiger partial charge in [-0.3, -0.25) is 0 Å². The molecule has 0 bridgehead atoms. The van der Waals surface area contributed by atoms with Crippen LogP contribution in [0.2, 0.25) is 0 Å². The van der Waals surface area contributed by atoms with Gasteiger partial charge in [0.25, 0.3) is 5.89 Å². The molecular formula is C12H14FN3O2. The van der Waals surface area contributed by atoms with Crippen molar-refractivity contribution in [2.75, 3.05) is 7.11 Å². The Bertz CT molecular complexity index is 540. The van der Waals surface area contributed by atoms with E-state index in [1.807, 2.05) is 6.92 Å². The lowest BCUT2D eigenvalue weighted by Crippen LogP contribution is -2.18. The molecular weight excluding hydrogens is 237 g/mol. The average Bonchev–Trinajstić information content (AvgIpc) is 2.75. The van der Waals surface area contributed by atoms with Gasteiger partial charge in [0.1, 0.15) is 17.1 Å². The zero-order valence-electron chi connectivity index (χ0n) is 10.2. The van der Waals surface area contributed by atoms with E-state index in [0.717, 1.165) is 0 Å². The van der Waals surface area contributed by atoms with Gasteiger partial charge >= 0.3 is 0 Å². The number of nitrogens with zero attached hydrogens (tertiary/aromatic N) is 2. The summed E-state index contributed by atoms with van der Waals surface area (Å²) in [5.41, 5.74) is 5.81. The van der Waals surface area contributed by atoms with Crippen molar-refractivity contribution in [1.29, 1.82) is 0 Å². The molecule has 2 N–H and O–H groups in total. The molecule has 6 heteroatoms. The van der Waals surface area contributed by atoms with E-state index in [9.17, 15) is 4.39 Å². The normalized spacial score (nSPS) is 12.4. The van der Waals surface area contributed by atoms with E-state index in [1.54, 1.807) is 12.1 Å². The maximum absolute atomic E-state index is 13.8. The Morgan fingerprint density at radius 2 is 2.28 bits per heavy atom. The number of aromatic nitrogens is 2. The van der Waals surface area contributed by atoms with E-state index in [0.29, 0.717) is 18.0 Å². The third-order valence-electron chi connectivity index (χ3n) is 2.38. The first-order valence-electron chi connectivity index (χ1n) is 5.53. The van der Waals surface area contributed by atoms with E-state index in [2.05, 4.69) is 10.1 Å². The second-order valence-corrected chi connectivity index (χ2v) is 4.01. The molecule has 1 atom stereocenters. The third kappa shape index (κ3) is 2.48. The molecule has 0 radical (unpaired) electrons. The van der Waals surface area contributed by atoms with Crippen LogP contribution in [-0.2, 0) is 6.42 Å². The van der Waals surface area contributed by atoms with Gasteiger partial charge < -0.3 is 15.0 Å². The minimum Gasteiger partial charge on any atom is -0.496 e. The number of methoxy groups -OCH3 is 1. The fourth-order valence-corrected chi connectivity index (χ4v) is 1.61. The molecule has 0 saturated carbocycles. The first-order valence-corrected chi connectivity index (χ1v) is 5.53. The monoisotopic (exact) mass is 251 g/mol. The predicted octanol–water partition coefficient (Wildman–Crippen LogP) is 1.77. The zero-order chi connectivity index (χ0) is 13.1. The molecule has 1 unspecified atom stereocenters. The van der Waals surface area contributed by atoms with Crippen LogP contribution in [-0.4, -0.2) is 23.3 Å². The quantitative estimate of drug-likeness (QED) is 0.896. The van der Waals surface area contributed by atoms with Gasteiger partial charge in [0.15, 0.2) is 5.82 Å². The summed E-state index contributed by atoms with van der Waals surface area (Å²) in [6.07, 6.45) is 0.472. The first-order chi connectivity index (χ1) is 8.61. The van der Waals surface area contributed by atoms with Crippen molar-refractivity contribution in [1.82, 2.24) is 10.1 Å². The van der Waals surface area contributed by atoms with Crippen molar-refractivity contribution >= 4 is 0 Å². The third-order valence-corrected chi connectivity index (χ3v) is 2.38. The lowest BCUT2D eigenvalue weighted by molar-refractivity contribution is 0.397. The van der Waals surface area contributed by atoms with Crippen LogP contribution in [0, 0.1) is 5.82 Å². The van der Waals surface area contributed by atoms with Gasteiger partial charge in [-0.2, -0.15) is 4.98 Å². The number of benzene rings is 1. The Labute approximate surface area is 104 Å². The van der Waals surface area contributed by atoms with E-state index in [1.165, 1.54) is 13.2 Å². The molecule has 0 aliphatic rings. The standard InChI is InChI=1S/C12H14FN3O2/c1-7(14)6-10-15-12(18-16-10)11-8(13)4-3-5-9(11)17-2/h3-5,7H,6,14H2,1-2H3. The highest BCUT2D eigenvalue weighted by Gasteiger charge is 2.18. The molecule has 1 heterocycles. The summed E-state index contributed by atoms with van der Waals surface area (Å²) < 4.78 is 23.9. The number of ether oxygens (including phenoxy) is 1. The summed E-state index contributed by atoms with van der Waals surface area (Å²) in [5.74, 6) is 0.433. The molecule has 96 valence electrons. The second-order valence-electron chi connectivity index (χ2n) is 4.01. The Morgan fingerprint density at radius 3 is 2.94 bits per heavy atom. The van der Waals surface area contributed by atoms with Gasteiger partial charge in [-0.15, -0.1) is 0 Å². The van der Waals surface area contributed by atoms with E-state index < -0.39 is 5.82 Å². The number of rotatable bonds is 4. The summed E-state index contributed by atoms with van der Waals surface area (Å²) >= 11 is 0. The predicted molar refractivity (Wildman–Crippen MR) is 63.6 cm³/mol. The summed E-state index contributed by atoms with van der Waals surface area (Å²) in [5, 5.41) is 3.76. The fraction of sp³-hybridized carbons (Fsp3) is 0.333. The summed E-state index contributed by atoms with van der Waals surface area (Å²) in [6.45, 7) is 1.83. The average molecular weight is 251 g/mol. The minimum absolute atomic E-state index is 0.0852. The van der Waals surface area contributed by atoms with Crippen molar-refractivity contribution in [3.63, 3.8) is 0 Å². The molecule has 0 aliphatic heterocycles. The Morgan fingerprint density at radius 1 is 1.50 bits per heavy atom. The zero-order valence-corrected chi connectivity index (χ0v) is 10.2. The molecule has 0 amide bonds. The van der Waals surface area contributed by atoms with Crippen molar-refractivity contribution in [3.05, 3.63) is 29.8 Å². The molecule has 0 spiro atoms. The van der Waals surface area contributed by atoms with Crippen molar-refractivity contribution in [3.8, 4) is 17.2 Å². The van der Waals surface area contributed by atoms with Crippen LogP contribution < -0.4 is 10.5 Å². The largest absolute Gasteiger partial charge is 0.496 e. The van der Waals surface area contributed by atoms with Crippen molar-refractivity contribution in [2.24, 2.45) is 5.73 Å². The maximum atomic E-state index is 13.8. The fourth-order valence-electron chi connectivity index (χ4n) is 1.61. The first kappa shape index (κ1) is 12.5. The van der Waals surface area contributed by atoms with Crippen LogP contribution in [0.15, 0.2) is 22.7 Å². The van der Waals surface area contributed by atoms with Crippen LogP contribution in [0.1, 0.15) is 12.7 Å². The summed E-state index contributed by atoms with van der Waals surface area (Å²) in [7, 11) is 1.46. The minimum atomic E-state index is -0.467. The lowest BCUT2D eigenvalue weighted by Gasteiger charge is -2.04. The number of nitrogens with two attached hydrogens (primary N) is 1. The molecule has 5 nitrogen and oxygen atoms in total. The molecule has 1 aromatic carbocycles. The molecule has 2 rings (SSSR count). The van der Waals surface area contributed by atoms with Crippen LogP contribution in [0.3, 0.4) is 0 Å². The lowest BCUT2D eigenvalue weighted by atomic mass is 10.2. The maximum Gasteiger partial charge on any atom is 0.264 e. The molecule has 0 saturated heterocycles. The van der Waals surface area contributed by atoms with Gasteiger partial charge in [-0.05, 0) is 19.1 Å². The number of hydrogen-bond donors (Lipinski definition) is 1.